The maximum Gasteiger partial charge on any atom is 0.397 e. The van der Waals surface area contributed by atoms with Crippen molar-refractivity contribution < 1.29 is 57.0 Å². The van der Waals surface area contributed by atoms with Crippen LogP contribution in [0.15, 0.2) is 24.3 Å². The van der Waals surface area contributed by atoms with Crippen molar-refractivity contribution in [2.24, 2.45) is 0 Å². The first-order valence-corrected chi connectivity index (χ1v) is 25.7. The van der Waals surface area contributed by atoms with Crippen molar-refractivity contribution in [3.8, 4) is 0 Å². The van der Waals surface area contributed by atoms with Crippen molar-refractivity contribution >= 4 is 16.3 Å². The zero-order chi connectivity index (χ0) is 45.0. The fourth-order valence-corrected chi connectivity index (χ4v) is 8.22. The van der Waals surface area contributed by atoms with E-state index >= 15 is 0 Å². The number of aliphatic hydroxyl groups is 5. The van der Waals surface area contributed by atoms with Gasteiger partial charge in [0.05, 0.1) is 25.4 Å². The Morgan fingerprint density at radius 1 is 0.656 bits per heavy atom. The second-order valence-electron chi connectivity index (χ2n) is 17.2. The molecule has 14 heteroatoms. The van der Waals surface area contributed by atoms with Crippen LogP contribution in [0.3, 0.4) is 0 Å². The van der Waals surface area contributed by atoms with Gasteiger partial charge in [0.25, 0.3) is 0 Å². The van der Waals surface area contributed by atoms with Crippen LogP contribution in [-0.2, 0) is 28.9 Å². The number of amides is 1. The minimum absolute atomic E-state index is 0.241. The fraction of sp³-hybridized carbons (Fsp3) is 0.894. The molecule has 7 N–H and O–H groups in total. The minimum atomic E-state index is -5.12. The molecule has 8 unspecified atom stereocenters. The monoisotopic (exact) mass is 892 g/mol. The quantitative estimate of drug-likeness (QED) is 0.0175. The number of allylic oxidation sites excluding steroid dienone is 3. The maximum atomic E-state index is 13.1. The van der Waals surface area contributed by atoms with Crippen LogP contribution in [-0.4, -0.2) is 107 Å². The summed E-state index contributed by atoms with van der Waals surface area (Å²) < 4.78 is 47.5. The van der Waals surface area contributed by atoms with Gasteiger partial charge in [-0.1, -0.05) is 199 Å². The van der Waals surface area contributed by atoms with Gasteiger partial charge in [0, 0.05) is 0 Å². The zero-order valence-electron chi connectivity index (χ0n) is 38.1. The molecule has 0 bridgehead atoms. The van der Waals surface area contributed by atoms with E-state index < -0.39 is 78.5 Å². The van der Waals surface area contributed by atoms with Crippen molar-refractivity contribution in [3.63, 3.8) is 0 Å². The molecule has 61 heavy (non-hydrogen) atoms. The molecule has 0 aromatic carbocycles. The Bertz CT molecular complexity index is 1200. The van der Waals surface area contributed by atoms with E-state index in [0.717, 1.165) is 38.5 Å². The summed E-state index contributed by atoms with van der Waals surface area (Å²) in [5.74, 6) is -0.710. The van der Waals surface area contributed by atoms with Crippen LogP contribution >= 0.6 is 0 Å². The molecular weight excluding hydrogens is 803 g/mol. The van der Waals surface area contributed by atoms with E-state index in [1.165, 1.54) is 141 Å². The van der Waals surface area contributed by atoms with Gasteiger partial charge >= 0.3 is 10.4 Å². The SMILES string of the molecule is CCCCCCCCC/C=C/CC/C=C/C(O)C(COC1OC(CO)C(O)C(OS(=O)(=O)O)C1O)NC(=O)C(O)CCCCCCCCCCCCCCCCCCCCC. The van der Waals surface area contributed by atoms with Crippen LogP contribution in [0.1, 0.15) is 206 Å². The molecule has 1 aliphatic heterocycles. The molecule has 1 rings (SSSR count). The summed E-state index contributed by atoms with van der Waals surface area (Å²) in [6, 6.07) is -1.13. The van der Waals surface area contributed by atoms with Gasteiger partial charge in [-0.2, -0.15) is 8.42 Å². The Labute approximate surface area is 370 Å². The van der Waals surface area contributed by atoms with Gasteiger partial charge in [-0.15, -0.1) is 0 Å². The molecule has 1 fully saturated rings. The van der Waals surface area contributed by atoms with Crippen molar-refractivity contribution in [1.29, 1.82) is 0 Å². The molecule has 0 saturated carbocycles. The third-order valence-electron chi connectivity index (χ3n) is 11.6. The number of rotatable bonds is 41. The minimum Gasteiger partial charge on any atom is -0.394 e. The molecule has 360 valence electrons. The molecule has 1 amide bonds. The first-order valence-electron chi connectivity index (χ1n) is 24.3. The molecule has 0 spiro atoms. The van der Waals surface area contributed by atoms with E-state index in [0.29, 0.717) is 12.8 Å². The van der Waals surface area contributed by atoms with E-state index in [4.69, 9.17) is 9.47 Å². The first-order chi connectivity index (χ1) is 29.4. The Morgan fingerprint density at radius 2 is 1.10 bits per heavy atom. The van der Waals surface area contributed by atoms with E-state index in [-0.39, 0.29) is 6.42 Å². The molecule has 1 heterocycles. The average molecular weight is 892 g/mol. The van der Waals surface area contributed by atoms with Gasteiger partial charge in [-0.25, -0.2) is 4.18 Å². The maximum absolute atomic E-state index is 13.1. The number of aliphatic hydroxyl groups excluding tert-OH is 5. The van der Waals surface area contributed by atoms with E-state index in [1.54, 1.807) is 6.08 Å². The van der Waals surface area contributed by atoms with E-state index in [9.17, 15) is 43.3 Å². The highest BCUT2D eigenvalue weighted by Crippen LogP contribution is 2.26. The van der Waals surface area contributed by atoms with Gasteiger partial charge in [0.15, 0.2) is 6.29 Å². The van der Waals surface area contributed by atoms with Gasteiger partial charge < -0.3 is 40.3 Å². The smallest absolute Gasteiger partial charge is 0.394 e. The predicted octanol–water partition coefficient (Wildman–Crippen LogP) is 8.69. The highest BCUT2D eigenvalue weighted by Gasteiger charge is 2.48. The summed E-state index contributed by atoms with van der Waals surface area (Å²) in [4.78, 5) is 13.1. The lowest BCUT2D eigenvalue weighted by Crippen LogP contribution is -2.61. The van der Waals surface area contributed by atoms with Crippen LogP contribution in [0.2, 0.25) is 0 Å². The van der Waals surface area contributed by atoms with Gasteiger partial charge in [-0.3, -0.25) is 9.35 Å². The normalized spacial score (nSPS) is 21.3. The summed E-state index contributed by atoms with van der Waals surface area (Å²) in [6.07, 6.45) is 31.2. The largest absolute Gasteiger partial charge is 0.397 e. The number of carbonyl (C=O) groups is 1. The Balaban J connectivity index is 2.53. The summed E-state index contributed by atoms with van der Waals surface area (Å²) in [5, 5.41) is 55.2. The molecule has 1 aliphatic rings. The van der Waals surface area contributed by atoms with Gasteiger partial charge in [0.2, 0.25) is 5.91 Å². The predicted molar refractivity (Wildman–Crippen MR) is 242 cm³/mol. The average Bonchev–Trinajstić information content (AvgIpc) is 3.23. The number of carbonyl (C=O) groups excluding carboxylic acids is 1. The topological polar surface area (TPSA) is 212 Å². The number of hydrogen-bond acceptors (Lipinski definition) is 11. The van der Waals surface area contributed by atoms with Crippen LogP contribution in [0.25, 0.3) is 0 Å². The Kier molecular flexibility index (Phi) is 35.7. The van der Waals surface area contributed by atoms with Crippen LogP contribution in [0.5, 0.6) is 0 Å². The molecule has 13 nitrogen and oxygen atoms in total. The van der Waals surface area contributed by atoms with Gasteiger partial charge in [-0.05, 0) is 32.1 Å². The molecular formula is C47H89NO12S. The highest BCUT2D eigenvalue weighted by atomic mass is 32.3. The number of nitrogens with one attached hydrogen (secondary N) is 1. The second kappa shape index (κ2) is 37.9. The number of unbranched alkanes of at least 4 members (excludes halogenated alkanes) is 26. The zero-order valence-corrected chi connectivity index (χ0v) is 38.9. The second-order valence-corrected chi connectivity index (χ2v) is 18.2. The van der Waals surface area contributed by atoms with Crippen LogP contribution in [0.4, 0.5) is 0 Å². The standard InChI is InChI=1S/C47H89NO12S/c1-3-5-7-9-11-13-15-17-18-19-20-21-22-24-26-28-30-32-34-36-41(51)46(54)48-39(40(50)35-33-31-29-27-25-23-16-14-12-10-8-6-4-2)38-58-47-44(53)45(60-61(55,56)57)43(52)42(37-49)59-47/h25,27,33,35,39-45,47,49-53H,3-24,26,28-32,34,36-38H2,1-2H3,(H,48,54)(H,55,56,57)/b27-25+,35-33+. The summed E-state index contributed by atoms with van der Waals surface area (Å²) >= 11 is 0. The van der Waals surface area contributed by atoms with Crippen molar-refractivity contribution in [2.45, 2.75) is 255 Å². The van der Waals surface area contributed by atoms with Crippen LogP contribution < -0.4 is 5.32 Å². The Morgan fingerprint density at radius 3 is 1.57 bits per heavy atom. The molecule has 0 aliphatic carbocycles. The van der Waals surface area contributed by atoms with E-state index in [2.05, 4.69) is 35.5 Å². The van der Waals surface area contributed by atoms with Crippen molar-refractivity contribution in [2.75, 3.05) is 13.2 Å². The van der Waals surface area contributed by atoms with E-state index in [1.807, 2.05) is 0 Å². The lowest BCUT2D eigenvalue weighted by Gasteiger charge is -2.41. The highest BCUT2D eigenvalue weighted by molar-refractivity contribution is 7.80. The molecule has 0 radical (unpaired) electrons. The number of ether oxygens (including phenoxy) is 2. The molecule has 0 aromatic rings. The lowest BCUT2D eigenvalue weighted by molar-refractivity contribution is -0.298. The molecule has 8 atom stereocenters. The molecule has 1 saturated heterocycles. The fourth-order valence-electron chi connectivity index (χ4n) is 7.71. The van der Waals surface area contributed by atoms with Crippen molar-refractivity contribution in [3.05, 3.63) is 24.3 Å². The molecule has 0 aromatic heterocycles. The lowest BCUT2D eigenvalue weighted by atomic mass is 9.99. The summed E-state index contributed by atoms with van der Waals surface area (Å²) in [6.45, 7) is 3.20. The first kappa shape index (κ1) is 57.6. The Hall–Kier alpha value is -1.46. The summed E-state index contributed by atoms with van der Waals surface area (Å²) in [7, 11) is -5.12. The third-order valence-corrected chi connectivity index (χ3v) is 12.1. The van der Waals surface area contributed by atoms with Crippen molar-refractivity contribution in [1.82, 2.24) is 5.32 Å². The third kappa shape index (κ3) is 30.3. The van der Waals surface area contributed by atoms with Crippen LogP contribution in [0, 0.1) is 0 Å². The number of hydrogen-bond donors (Lipinski definition) is 7. The summed E-state index contributed by atoms with van der Waals surface area (Å²) in [5.41, 5.74) is 0. The van der Waals surface area contributed by atoms with Gasteiger partial charge in [0.1, 0.15) is 30.5 Å².